The number of aliphatic hydroxyl groups excluding tert-OH is 3. The fraction of sp³-hybridized carbons (Fsp3) is 0.905. The molecule has 0 aliphatic heterocycles. The summed E-state index contributed by atoms with van der Waals surface area (Å²) in [5.74, 6) is -0.0643. The summed E-state index contributed by atoms with van der Waals surface area (Å²) in [7, 11) is 0. The Morgan fingerprint density at radius 1 is 0.301 bits per heavy atom. The zero-order valence-corrected chi connectivity index (χ0v) is 48.5. The molecule has 0 spiro atoms. The number of nitrogens with zero attached hydrogens (tertiary/aromatic N) is 3. The van der Waals surface area contributed by atoms with Crippen molar-refractivity contribution in [3.8, 4) is 0 Å². The maximum atomic E-state index is 12.2. The zero-order valence-electron chi connectivity index (χ0n) is 48.5. The summed E-state index contributed by atoms with van der Waals surface area (Å²) in [5.41, 5.74) is 0. The Hall–Kier alpha value is -1.82. The van der Waals surface area contributed by atoms with Crippen molar-refractivity contribution in [2.45, 2.75) is 277 Å². The predicted octanol–water partition coefficient (Wildman–Crippen LogP) is 15.1. The van der Waals surface area contributed by atoms with Gasteiger partial charge in [-0.3, -0.25) is 9.59 Å². The normalized spacial score (nSPS) is 12.0. The van der Waals surface area contributed by atoms with Gasteiger partial charge in [-0.25, -0.2) is 0 Å². The van der Waals surface area contributed by atoms with Gasteiger partial charge in [0.2, 0.25) is 0 Å². The summed E-state index contributed by atoms with van der Waals surface area (Å²) < 4.78 is 11.0. The van der Waals surface area contributed by atoms with Crippen LogP contribution in [0.5, 0.6) is 0 Å². The van der Waals surface area contributed by atoms with Crippen molar-refractivity contribution in [2.24, 2.45) is 0 Å². The lowest BCUT2D eigenvalue weighted by atomic mass is 10.1. The van der Waals surface area contributed by atoms with E-state index in [2.05, 4.69) is 52.9 Å². The van der Waals surface area contributed by atoms with Crippen molar-refractivity contribution in [1.29, 1.82) is 0 Å². The molecule has 0 saturated carbocycles. The molecule has 0 radical (unpaired) electrons. The number of hydrogen-bond donors (Lipinski definition) is 3. The number of carbonyl (C=O) groups excluding carboxylic acids is 2. The van der Waals surface area contributed by atoms with Crippen LogP contribution in [0.2, 0.25) is 0 Å². The van der Waals surface area contributed by atoms with Crippen molar-refractivity contribution in [3.05, 3.63) is 24.3 Å². The number of esters is 2. The molecule has 10 heteroatoms. The second kappa shape index (κ2) is 61.0. The van der Waals surface area contributed by atoms with Crippen LogP contribution in [0.1, 0.15) is 277 Å². The predicted molar refractivity (Wildman–Crippen MR) is 311 cm³/mol. The average Bonchev–Trinajstić information content (AvgIpc) is 3.38. The SMILES string of the molecule is CCCCC/C=C\CCN(CCO)CCCCCCCCCCOC(=O)CCCCCCCCCN(CCO)CCCCCCCCCC(=O)OCCCCCCCCCN(CCO)CC/C=C\CCCCC. The second-order valence-corrected chi connectivity index (χ2v) is 21.4. The van der Waals surface area contributed by atoms with E-state index in [1.807, 2.05) is 0 Å². The van der Waals surface area contributed by atoms with Crippen LogP contribution in [0.15, 0.2) is 24.3 Å². The molecule has 0 saturated heterocycles. The van der Waals surface area contributed by atoms with Crippen LogP contribution >= 0.6 is 0 Å². The Morgan fingerprint density at radius 3 is 0.863 bits per heavy atom. The smallest absolute Gasteiger partial charge is 0.305 e. The van der Waals surface area contributed by atoms with E-state index in [-0.39, 0.29) is 31.8 Å². The van der Waals surface area contributed by atoms with E-state index in [1.54, 1.807) is 0 Å². The van der Waals surface area contributed by atoms with Crippen LogP contribution in [0.4, 0.5) is 0 Å². The first-order valence-corrected chi connectivity index (χ1v) is 31.6. The molecule has 0 aromatic carbocycles. The standard InChI is InChI=1S/C63H123N3O7/c1-3-5-7-9-18-28-38-48-64(54-57-67)50-40-30-20-11-12-24-34-44-60-72-62(70)46-36-26-16-13-21-31-41-51-66(56-59-69)52-42-32-22-14-17-27-37-47-63(71)73-61-45-35-25-15-23-33-43-53-65(55-58-68)49-39-29-19-10-8-6-4-2/h18-19,28-29,67-69H,3-17,20-27,30-61H2,1-2H3/b28-18-,29-19-. The Labute approximate surface area is 452 Å². The van der Waals surface area contributed by atoms with Crippen LogP contribution in [0, 0.1) is 0 Å². The van der Waals surface area contributed by atoms with Gasteiger partial charge in [-0.2, -0.15) is 0 Å². The lowest BCUT2D eigenvalue weighted by Gasteiger charge is -2.21. The van der Waals surface area contributed by atoms with Crippen molar-refractivity contribution in [1.82, 2.24) is 14.7 Å². The molecule has 0 aliphatic rings. The minimum absolute atomic E-state index is 0.0306. The fourth-order valence-corrected chi connectivity index (χ4v) is 9.75. The molecule has 0 atom stereocenters. The molecule has 0 aliphatic carbocycles. The van der Waals surface area contributed by atoms with Crippen molar-refractivity contribution in [3.63, 3.8) is 0 Å². The van der Waals surface area contributed by atoms with Gasteiger partial charge in [0.15, 0.2) is 0 Å². The highest BCUT2D eigenvalue weighted by molar-refractivity contribution is 5.69. The molecule has 0 aromatic heterocycles. The number of carbonyl (C=O) groups is 2. The molecule has 10 nitrogen and oxygen atoms in total. The molecule has 0 heterocycles. The van der Waals surface area contributed by atoms with Gasteiger partial charge in [0.05, 0.1) is 33.0 Å². The van der Waals surface area contributed by atoms with Crippen molar-refractivity contribution < 1.29 is 34.4 Å². The molecule has 432 valence electrons. The van der Waals surface area contributed by atoms with Gasteiger partial charge in [-0.15, -0.1) is 0 Å². The summed E-state index contributed by atoms with van der Waals surface area (Å²) in [6.07, 6.45) is 56.7. The summed E-state index contributed by atoms with van der Waals surface area (Å²) >= 11 is 0. The highest BCUT2D eigenvalue weighted by Gasteiger charge is 2.08. The largest absolute Gasteiger partial charge is 0.466 e. The van der Waals surface area contributed by atoms with Crippen molar-refractivity contribution >= 4 is 11.9 Å². The molecule has 0 unspecified atom stereocenters. The topological polar surface area (TPSA) is 123 Å². The molecule has 0 fully saturated rings. The van der Waals surface area contributed by atoms with Gasteiger partial charge in [-0.1, -0.05) is 199 Å². The Bertz CT molecular complexity index is 1170. The van der Waals surface area contributed by atoms with Crippen molar-refractivity contribution in [2.75, 3.05) is 91.9 Å². The number of ether oxygens (including phenoxy) is 2. The molecular weight excluding hydrogens is 911 g/mol. The minimum atomic E-state index is -0.0337. The van der Waals surface area contributed by atoms with Crippen LogP contribution < -0.4 is 0 Å². The molecule has 73 heavy (non-hydrogen) atoms. The summed E-state index contributed by atoms with van der Waals surface area (Å²) in [6.45, 7) is 15.0. The van der Waals surface area contributed by atoms with Gasteiger partial charge >= 0.3 is 11.9 Å². The lowest BCUT2D eigenvalue weighted by molar-refractivity contribution is -0.144. The number of unbranched alkanes of at least 4 members (excludes halogenated alkanes) is 31. The van der Waals surface area contributed by atoms with E-state index in [9.17, 15) is 24.9 Å². The Kier molecular flexibility index (Phi) is 59.5. The molecule has 0 bridgehead atoms. The Morgan fingerprint density at radius 2 is 0.562 bits per heavy atom. The highest BCUT2D eigenvalue weighted by Crippen LogP contribution is 2.15. The van der Waals surface area contributed by atoms with E-state index in [4.69, 9.17) is 9.47 Å². The van der Waals surface area contributed by atoms with Gasteiger partial charge in [0.25, 0.3) is 0 Å². The van der Waals surface area contributed by atoms with Gasteiger partial charge in [-0.05, 0) is 116 Å². The maximum absolute atomic E-state index is 12.2. The van der Waals surface area contributed by atoms with Gasteiger partial charge < -0.3 is 39.5 Å². The number of aliphatic hydroxyl groups is 3. The third-order valence-electron chi connectivity index (χ3n) is 14.5. The minimum Gasteiger partial charge on any atom is -0.466 e. The van der Waals surface area contributed by atoms with E-state index in [0.29, 0.717) is 26.1 Å². The zero-order chi connectivity index (χ0) is 53.0. The monoisotopic (exact) mass is 1030 g/mol. The van der Waals surface area contributed by atoms with Crippen LogP contribution in [0.3, 0.4) is 0 Å². The molecule has 0 amide bonds. The van der Waals surface area contributed by atoms with Gasteiger partial charge in [0.1, 0.15) is 0 Å². The summed E-state index contributed by atoms with van der Waals surface area (Å²) in [6, 6.07) is 0. The third kappa shape index (κ3) is 56.2. The molecule has 0 rings (SSSR count). The maximum Gasteiger partial charge on any atom is 0.305 e. The van der Waals surface area contributed by atoms with Gasteiger partial charge in [0, 0.05) is 45.6 Å². The summed E-state index contributed by atoms with van der Waals surface area (Å²) in [4.78, 5) is 31.6. The number of hydrogen-bond acceptors (Lipinski definition) is 10. The number of allylic oxidation sites excluding steroid dienone is 2. The second-order valence-electron chi connectivity index (χ2n) is 21.4. The quantitative estimate of drug-likeness (QED) is 0.0308. The average molecular weight is 1030 g/mol. The summed E-state index contributed by atoms with van der Waals surface area (Å²) in [5, 5.41) is 28.5. The molecule has 3 N–H and O–H groups in total. The third-order valence-corrected chi connectivity index (χ3v) is 14.5. The first kappa shape index (κ1) is 71.2. The fourth-order valence-electron chi connectivity index (χ4n) is 9.75. The van der Waals surface area contributed by atoms with E-state index >= 15 is 0 Å². The Balaban J connectivity index is 3.60. The molecular formula is C63H123N3O7. The van der Waals surface area contributed by atoms with Crippen LogP contribution in [-0.4, -0.2) is 134 Å². The van der Waals surface area contributed by atoms with Crippen LogP contribution in [-0.2, 0) is 19.1 Å². The first-order chi connectivity index (χ1) is 36.0. The van der Waals surface area contributed by atoms with E-state index in [0.717, 1.165) is 123 Å². The number of rotatable bonds is 61. The van der Waals surface area contributed by atoms with Crippen LogP contribution in [0.25, 0.3) is 0 Å². The van der Waals surface area contributed by atoms with E-state index in [1.165, 1.54) is 186 Å². The lowest BCUT2D eigenvalue weighted by Crippen LogP contribution is -2.29. The van der Waals surface area contributed by atoms with E-state index < -0.39 is 0 Å². The first-order valence-electron chi connectivity index (χ1n) is 31.6. The molecule has 0 aromatic rings. The highest BCUT2D eigenvalue weighted by atomic mass is 16.5.